The standard InChI is InChI=1S/C10H9N7O2/c1-6(16-10(18)19)9-14-5-15-17(9)8-2-7(3-11)12-4-13-8/h2,4-6,16H,1H3,(H,18,19)/t6-/m0/s1. The van der Waals surface area contributed by atoms with Gasteiger partial charge in [0.1, 0.15) is 24.4 Å². The molecule has 0 unspecified atom stereocenters. The number of nitriles is 1. The molecule has 0 spiro atoms. The summed E-state index contributed by atoms with van der Waals surface area (Å²) in [7, 11) is 0. The van der Waals surface area contributed by atoms with Gasteiger partial charge in [0.05, 0.1) is 6.04 Å². The first-order chi connectivity index (χ1) is 9.11. The first-order valence-electron chi connectivity index (χ1n) is 5.23. The molecule has 1 amide bonds. The van der Waals surface area contributed by atoms with Crippen LogP contribution in [0.1, 0.15) is 24.5 Å². The molecular formula is C10H9N7O2. The van der Waals surface area contributed by atoms with E-state index in [1.165, 1.54) is 23.4 Å². The molecule has 9 nitrogen and oxygen atoms in total. The van der Waals surface area contributed by atoms with Crippen LogP contribution in [0.15, 0.2) is 18.7 Å². The van der Waals surface area contributed by atoms with Crippen molar-refractivity contribution in [3.8, 4) is 11.9 Å². The van der Waals surface area contributed by atoms with Gasteiger partial charge in [0.2, 0.25) is 0 Å². The van der Waals surface area contributed by atoms with Crippen LogP contribution in [-0.2, 0) is 0 Å². The maximum atomic E-state index is 10.6. The lowest BCUT2D eigenvalue weighted by molar-refractivity contribution is 0.190. The van der Waals surface area contributed by atoms with Crippen molar-refractivity contribution in [2.45, 2.75) is 13.0 Å². The van der Waals surface area contributed by atoms with E-state index in [0.29, 0.717) is 11.6 Å². The van der Waals surface area contributed by atoms with Crippen molar-refractivity contribution in [2.24, 2.45) is 0 Å². The van der Waals surface area contributed by atoms with Crippen molar-refractivity contribution < 1.29 is 9.90 Å². The van der Waals surface area contributed by atoms with Crippen molar-refractivity contribution in [3.63, 3.8) is 0 Å². The minimum Gasteiger partial charge on any atom is -0.465 e. The monoisotopic (exact) mass is 259 g/mol. The summed E-state index contributed by atoms with van der Waals surface area (Å²) in [6.07, 6.45) is 1.35. The molecule has 2 aromatic rings. The SMILES string of the molecule is C[C@H](NC(=O)O)c1ncnn1-c1cc(C#N)ncn1. The van der Waals surface area contributed by atoms with Crippen molar-refractivity contribution in [1.82, 2.24) is 30.0 Å². The summed E-state index contributed by atoms with van der Waals surface area (Å²) in [4.78, 5) is 22.3. The Balaban J connectivity index is 2.38. The molecule has 0 saturated heterocycles. The summed E-state index contributed by atoms with van der Waals surface area (Å²) >= 11 is 0. The second kappa shape index (κ2) is 5.09. The van der Waals surface area contributed by atoms with Gasteiger partial charge in [0, 0.05) is 6.07 Å². The number of carboxylic acid groups (broad SMARTS) is 1. The third kappa shape index (κ3) is 2.63. The Morgan fingerprint density at radius 1 is 1.47 bits per heavy atom. The smallest absolute Gasteiger partial charge is 0.405 e. The van der Waals surface area contributed by atoms with E-state index in [1.54, 1.807) is 6.92 Å². The number of nitrogens with zero attached hydrogens (tertiary/aromatic N) is 6. The van der Waals surface area contributed by atoms with E-state index in [2.05, 4.69) is 25.4 Å². The maximum Gasteiger partial charge on any atom is 0.405 e. The lowest BCUT2D eigenvalue weighted by Gasteiger charge is -2.11. The van der Waals surface area contributed by atoms with Gasteiger partial charge in [-0.05, 0) is 6.92 Å². The summed E-state index contributed by atoms with van der Waals surface area (Å²) < 4.78 is 1.35. The van der Waals surface area contributed by atoms with Crippen LogP contribution in [0, 0.1) is 11.3 Å². The van der Waals surface area contributed by atoms with E-state index in [1.807, 2.05) is 6.07 Å². The predicted octanol–water partition coefficient (Wildman–Crippen LogP) is 0.258. The zero-order chi connectivity index (χ0) is 13.8. The van der Waals surface area contributed by atoms with Gasteiger partial charge in [-0.3, -0.25) is 0 Å². The molecule has 0 bridgehead atoms. The summed E-state index contributed by atoms with van der Waals surface area (Å²) in [6, 6.07) is 2.76. The molecule has 0 saturated carbocycles. The van der Waals surface area contributed by atoms with Crippen LogP contribution in [-0.4, -0.2) is 35.9 Å². The van der Waals surface area contributed by atoms with Crippen LogP contribution in [0.25, 0.3) is 5.82 Å². The van der Waals surface area contributed by atoms with Crippen molar-refractivity contribution in [2.75, 3.05) is 0 Å². The molecule has 0 fully saturated rings. The molecule has 9 heteroatoms. The van der Waals surface area contributed by atoms with Gasteiger partial charge in [-0.1, -0.05) is 0 Å². The lowest BCUT2D eigenvalue weighted by Crippen LogP contribution is -2.27. The van der Waals surface area contributed by atoms with Crippen LogP contribution >= 0.6 is 0 Å². The molecular weight excluding hydrogens is 250 g/mol. The van der Waals surface area contributed by atoms with E-state index >= 15 is 0 Å². The zero-order valence-electron chi connectivity index (χ0n) is 9.85. The molecule has 0 aliphatic heterocycles. The lowest BCUT2D eigenvalue weighted by atomic mass is 10.3. The fourth-order valence-electron chi connectivity index (χ4n) is 1.50. The number of nitrogens with one attached hydrogen (secondary N) is 1. The number of aromatic nitrogens is 5. The van der Waals surface area contributed by atoms with Crippen LogP contribution in [0.2, 0.25) is 0 Å². The number of carbonyl (C=O) groups is 1. The van der Waals surface area contributed by atoms with Crippen LogP contribution < -0.4 is 5.32 Å². The second-order valence-corrected chi connectivity index (χ2v) is 3.57. The summed E-state index contributed by atoms with van der Waals surface area (Å²) in [5.74, 6) is 0.711. The van der Waals surface area contributed by atoms with E-state index in [9.17, 15) is 4.79 Å². The Kier molecular flexibility index (Phi) is 3.33. The Labute approximate surface area is 107 Å². The number of rotatable bonds is 3. The molecule has 1 atom stereocenters. The Morgan fingerprint density at radius 3 is 2.95 bits per heavy atom. The van der Waals surface area contributed by atoms with Crippen LogP contribution in [0.4, 0.5) is 4.79 Å². The molecule has 0 aliphatic rings. The molecule has 0 radical (unpaired) electrons. The summed E-state index contributed by atoms with van der Waals surface area (Å²) in [5, 5.41) is 23.7. The molecule has 2 N–H and O–H groups in total. The molecule has 2 heterocycles. The van der Waals surface area contributed by atoms with Gasteiger partial charge in [0.25, 0.3) is 0 Å². The fourth-order valence-corrected chi connectivity index (χ4v) is 1.50. The summed E-state index contributed by atoms with van der Waals surface area (Å²) in [5.41, 5.74) is 0.185. The zero-order valence-corrected chi connectivity index (χ0v) is 9.85. The highest BCUT2D eigenvalue weighted by molar-refractivity contribution is 5.64. The van der Waals surface area contributed by atoms with E-state index < -0.39 is 12.1 Å². The van der Waals surface area contributed by atoms with Crippen LogP contribution in [0.5, 0.6) is 0 Å². The average molecular weight is 259 g/mol. The van der Waals surface area contributed by atoms with Gasteiger partial charge < -0.3 is 10.4 Å². The molecule has 0 aromatic carbocycles. The second-order valence-electron chi connectivity index (χ2n) is 3.57. The van der Waals surface area contributed by atoms with Crippen molar-refractivity contribution in [1.29, 1.82) is 5.26 Å². The van der Waals surface area contributed by atoms with Gasteiger partial charge in [-0.2, -0.15) is 15.0 Å². The number of hydrogen-bond acceptors (Lipinski definition) is 6. The molecule has 2 rings (SSSR count). The highest BCUT2D eigenvalue weighted by Crippen LogP contribution is 2.13. The van der Waals surface area contributed by atoms with E-state index in [-0.39, 0.29) is 5.69 Å². The average Bonchev–Trinajstić information content (AvgIpc) is 2.87. The Bertz CT molecular complexity index is 645. The fraction of sp³-hybridized carbons (Fsp3) is 0.200. The highest BCUT2D eigenvalue weighted by Gasteiger charge is 2.17. The molecule has 19 heavy (non-hydrogen) atoms. The normalized spacial score (nSPS) is 11.6. The van der Waals surface area contributed by atoms with Crippen molar-refractivity contribution >= 4 is 6.09 Å². The quantitative estimate of drug-likeness (QED) is 0.808. The minimum atomic E-state index is -1.16. The highest BCUT2D eigenvalue weighted by atomic mass is 16.4. The number of amides is 1. The van der Waals surface area contributed by atoms with Gasteiger partial charge in [0.15, 0.2) is 11.6 Å². The predicted molar refractivity (Wildman–Crippen MR) is 61.2 cm³/mol. The largest absolute Gasteiger partial charge is 0.465 e. The molecule has 96 valence electrons. The summed E-state index contributed by atoms with van der Waals surface area (Å²) in [6.45, 7) is 1.63. The van der Waals surface area contributed by atoms with Crippen LogP contribution in [0.3, 0.4) is 0 Å². The topological polar surface area (TPSA) is 130 Å². The van der Waals surface area contributed by atoms with Gasteiger partial charge >= 0.3 is 6.09 Å². The minimum absolute atomic E-state index is 0.185. The number of hydrogen-bond donors (Lipinski definition) is 2. The van der Waals surface area contributed by atoms with E-state index in [0.717, 1.165) is 0 Å². The first kappa shape index (κ1) is 12.4. The maximum absolute atomic E-state index is 10.6. The first-order valence-corrected chi connectivity index (χ1v) is 5.23. The van der Waals surface area contributed by atoms with Gasteiger partial charge in [-0.25, -0.2) is 19.7 Å². The Morgan fingerprint density at radius 2 is 2.26 bits per heavy atom. The van der Waals surface area contributed by atoms with Crippen molar-refractivity contribution in [3.05, 3.63) is 30.2 Å². The molecule has 0 aliphatic carbocycles. The Hall–Kier alpha value is -3.02. The third-order valence-electron chi connectivity index (χ3n) is 2.29. The van der Waals surface area contributed by atoms with Gasteiger partial charge in [-0.15, -0.1) is 0 Å². The van der Waals surface area contributed by atoms with E-state index in [4.69, 9.17) is 10.4 Å². The molecule has 2 aromatic heterocycles. The third-order valence-corrected chi connectivity index (χ3v) is 2.29.